The quantitative estimate of drug-likeness (QED) is 0.543. The molecule has 2 rings (SSSR count). The molecule has 0 bridgehead atoms. The Morgan fingerprint density at radius 1 is 1.13 bits per heavy atom. The van der Waals surface area contributed by atoms with E-state index >= 15 is 0 Å². The summed E-state index contributed by atoms with van der Waals surface area (Å²) in [5.41, 5.74) is 2.45. The van der Waals surface area contributed by atoms with E-state index in [1.54, 1.807) is 0 Å². The molecule has 75 valence electrons. The largest absolute Gasteiger partial charge is 0.368 e. The van der Waals surface area contributed by atoms with Gasteiger partial charge in [-0.3, -0.25) is 9.90 Å². The van der Waals surface area contributed by atoms with Crippen LogP contribution in [0.5, 0.6) is 5.75 Å². The highest BCUT2D eigenvalue weighted by Crippen LogP contribution is 2.15. The second kappa shape index (κ2) is 3.45. The van der Waals surface area contributed by atoms with Crippen LogP contribution in [0.25, 0.3) is 6.08 Å². The zero-order chi connectivity index (χ0) is 10.8. The van der Waals surface area contributed by atoms with Crippen molar-refractivity contribution in [1.82, 2.24) is 5.48 Å². The standard InChI is InChI=1S/C10H6NO4/c12-7-3-1-6(2-4-7)5-8-9(13)11-15-10(8)14/h1-5H,(H,11,13)/b8-5+. The van der Waals surface area contributed by atoms with Crippen LogP contribution in [0.3, 0.4) is 0 Å². The van der Waals surface area contributed by atoms with E-state index in [-0.39, 0.29) is 11.3 Å². The van der Waals surface area contributed by atoms with Crippen molar-refractivity contribution in [3.63, 3.8) is 0 Å². The molecule has 0 unspecified atom stereocenters. The Morgan fingerprint density at radius 3 is 2.33 bits per heavy atom. The molecule has 5 heteroatoms. The lowest BCUT2D eigenvalue weighted by molar-refractivity contribution is -0.143. The molecule has 1 radical (unpaired) electrons. The maximum absolute atomic E-state index is 11.1. The van der Waals surface area contributed by atoms with Crippen LogP contribution < -0.4 is 5.48 Å². The van der Waals surface area contributed by atoms with Gasteiger partial charge in [-0.1, -0.05) is 12.1 Å². The van der Waals surface area contributed by atoms with E-state index in [9.17, 15) is 14.7 Å². The van der Waals surface area contributed by atoms with Gasteiger partial charge in [-0.15, -0.1) is 0 Å². The van der Waals surface area contributed by atoms with Crippen LogP contribution >= 0.6 is 0 Å². The van der Waals surface area contributed by atoms with Crippen molar-refractivity contribution in [1.29, 1.82) is 0 Å². The predicted octanol–water partition coefficient (Wildman–Crippen LogP) is 0.802. The van der Waals surface area contributed by atoms with Crippen molar-refractivity contribution < 1.29 is 19.5 Å². The van der Waals surface area contributed by atoms with E-state index in [0.29, 0.717) is 5.56 Å². The van der Waals surface area contributed by atoms with E-state index in [0.717, 1.165) is 0 Å². The van der Waals surface area contributed by atoms with Crippen LogP contribution in [0.1, 0.15) is 5.56 Å². The minimum Gasteiger partial charge on any atom is -0.335 e. The Balaban J connectivity index is 2.33. The Bertz CT molecular complexity index is 429. The highest BCUT2D eigenvalue weighted by atomic mass is 16.7. The first-order valence-electron chi connectivity index (χ1n) is 4.17. The number of rotatable bonds is 1. The molecule has 1 aliphatic heterocycles. The van der Waals surface area contributed by atoms with Gasteiger partial charge in [-0.05, 0) is 23.8 Å². The lowest BCUT2D eigenvalue weighted by Gasteiger charge is -1.92. The van der Waals surface area contributed by atoms with E-state index in [1.807, 2.05) is 5.48 Å². The Labute approximate surface area is 84.9 Å². The van der Waals surface area contributed by atoms with Gasteiger partial charge in [0.2, 0.25) is 0 Å². The molecule has 1 fully saturated rings. The summed E-state index contributed by atoms with van der Waals surface area (Å²) >= 11 is 0. The number of amides is 1. The summed E-state index contributed by atoms with van der Waals surface area (Å²) in [7, 11) is 0. The number of carbonyl (C=O) groups is 2. The summed E-state index contributed by atoms with van der Waals surface area (Å²) in [5, 5.41) is 10.8. The summed E-state index contributed by atoms with van der Waals surface area (Å²) < 4.78 is 0. The van der Waals surface area contributed by atoms with Crippen LogP contribution in [0, 0.1) is 0 Å². The fourth-order valence-corrected chi connectivity index (χ4v) is 1.15. The van der Waals surface area contributed by atoms with Gasteiger partial charge in [0.25, 0.3) is 5.91 Å². The average molecular weight is 204 g/mol. The fourth-order valence-electron chi connectivity index (χ4n) is 1.15. The van der Waals surface area contributed by atoms with Crippen LogP contribution in [-0.4, -0.2) is 11.9 Å². The molecular formula is C10H6NO4. The predicted molar refractivity (Wildman–Crippen MR) is 48.8 cm³/mol. The van der Waals surface area contributed by atoms with Gasteiger partial charge in [0.1, 0.15) is 5.57 Å². The third-order valence-corrected chi connectivity index (χ3v) is 1.89. The molecule has 1 aromatic carbocycles. The zero-order valence-corrected chi connectivity index (χ0v) is 7.52. The maximum atomic E-state index is 11.1. The Hall–Kier alpha value is -2.30. The van der Waals surface area contributed by atoms with Crippen LogP contribution in [0.15, 0.2) is 29.8 Å². The first-order chi connectivity index (χ1) is 7.16. The van der Waals surface area contributed by atoms with E-state index in [4.69, 9.17) is 0 Å². The number of hydrogen-bond donors (Lipinski definition) is 1. The maximum Gasteiger partial charge on any atom is 0.368 e. The lowest BCUT2D eigenvalue weighted by Crippen LogP contribution is -2.12. The van der Waals surface area contributed by atoms with Gasteiger partial charge in [0, 0.05) is 0 Å². The fraction of sp³-hybridized carbons (Fsp3) is 0. The van der Waals surface area contributed by atoms with Crippen LogP contribution in [0.2, 0.25) is 0 Å². The Kier molecular flexibility index (Phi) is 2.13. The molecule has 0 aliphatic carbocycles. The lowest BCUT2D eigenvalue weighted by atomic mass is 10.1. The molecular weight excluding hydrogens is 198 g/mol. The Morgan fingerprint density at radius 2 is 1.80 bits per heavy atom. The van der Waals surface area contributed by atoms with Crippen LogP contribution in [0.4, 0.5) is 0 Å². The monoisotopic (exact) mass is 204 g/mol. The summed E-state index contributed by atoms with van der Waals surface area (Å²) in [6.45, 7) is 0. The number of carbonyl (C=O) groups excluding carboxylic acids is 2. The number of hydrogen-bond acceptors (Lipinski definition) is 3. The summed E-state index contributed by atoms with van der Waals surface area (Å²) in [6, 6.07) is 5.75. The molecule has 1 heterocycles. The first-order valence-corrected chi connectivity index (χ1v) is 4.17. The molecule has 1 saturated heterocycles. The van der Waals surface area contributed by atoms with Gasteiger partial charge in [0.15, 0.2) is 5.75 Å². The van der Waals surface area contributed by atoms with Crippen molar-refractivity contribution in [2.45, 2.75) is 0 Å². The summed E-state index contributed by atoms with van der Waals surface area (Å²) in [5.74, 6) is -1.42. The van der Waals surface area contributed by atoms with Gasteiger partial charge in [-0.25, -0.2) is 4.79 Å². The molecule has 0 atom stereocenters. The molecule has 0 spiro atoms. The average Bonchev–Trinajstić information content (AvgIpc) is 2.53. The third kappa shape index (κ3) is 1.80. The molecule has 1 aliphatic rings. The second-order valence-electron chi connectivity index (χ2n) is 2.95. The minimum absolute atomic E-state index is 0.0753. The van der Waals surface area contributed by atoms with Crippen molar-refractivity contribution >= 4 is 18.0 Å². The number of nitrogens with one attached hydrogen (secondary N) is 1. The van der Waals surface area contributed by atoms with Crippen LogP contribution in [-0.2, 0) is 19.5 Å². The normalized spacial score (nSPS) is 17.7. The van der Waals surface area contributed by atoms with E-state index in [1.165, 1.54) is 30.3 Å². The SMILES string of the molecule is [O]c1ccc(/C=C2\C(=O)NOC2=O)cc1. The van der Waals surface area contributed by atoms with Crippen molar-refractivity contribution in [3.8, 4) is 5.75 Å². The molecule has 5 nitrogen and oxygen atoms in total. The third-order valence-electron chi connectivity index (χ3n) is 1.89. The molecule has 1 N–H and O–H groups in total. The molecule has 0 aromatic heterocycles. The van der Waals surface area contributed by atoms with Crippen molar-refractivity contribution in [2.75, 3.05) is 0 Å². The molecule has 15 heavy (non-hydrogen) atoms. The van der Waals surface area contributed by atoms with Gasteiger partial charge >= 0.3 is 5.97 Å². The van der Waals surface area contributed by atoms with Crippen molar-refractivity contribution in [2.24, 2.45) is 0 Å². The topological polar surface area (TPSA) is 75.3 Å². The number of benzene rings is 1. The summed E-state index contributed by atoms with van der Waals surface area (Å²) in [4.78, 5) is 26.4. The molecule has 0 saturated carbocycles. The number of hydroxylamine groups is 1. The zero-order valence-electron chi connectivity index (χ0n) is 7.52. The van der Waals surface area contributed by atoms with E-state index < -0.39 is 11.9 Å². The minimum atomic E-state index is -0.716. The highest BCUT2D eigenvalue weighted by Gasteiger charge is 2.28. The summed E-state index contributed by atoms with van der Waals surface area (Å²) in [6.07, 6.45) is 1.37. The highest BCUT2D eigenvalue weighted by molar-refractivity contribution is 6.22. The smallest absolute Gasteiger partial charge is 0.335 e. The van der Waals surface area contributed by atoms with Gasteiger partial charge < -0.3 is 4.84 Å². The molecule has 1 amide bonds. The first kappa shape index (κ1) is 9.26. The van der Waals surface area contributed by atoms with Crippen molar-refractivity contribution in [3.05, 3.63) is 35.4 Å². The molecule has 1 aromatic rings. The second-order valence-corrected chi connectivity index (χ2v) is 2.95. The van der Waals surface area contributed by atoms with Gasteiger partial charge in [0.05, 0.1) is 0 Å². The van der Waals surface area contributed by atoms with E-state index in [2.05, 4.69) is 4.84 Å². The van der Waals surface area contributed by atoms with Gasteiger partial charge in [-0.2, -0.15) is 5.48 Å².